The summed E-state index contributed by atoms with van der Waals surface area (Å²) in [6.07, 6.45) is -2.28. The Balaban J connectivity index is 1.74. The fraction of sp³-hybridized carbons (Fsp3) is 0.200. The van der Waals surface area contributed by atoms with Crippen molar-refractivity contribution in [1.82, 2.24) is 4.98 Å². The number of aryl methyl sites for hydroxylation is 1. The quantitative estimate of drug-likeness (QED) is 0.769. The van der Waals surface area contributed by atoms with Gasteiger partial charge in [-0.1, -0.05) is 23.0 Å². The van der Waals surface area contributed by atoms with E-state index in [0.717, 1.165) is 10.9 Å². The highest BCUT2D eigenvalue weighted by Gasteiger charge is 2.33. The number of carbonyl (C=O) groups is 1. The summed E-state index contributed by atoms with van der Waals surface area (Å²) in [4.78, 5) is 14.7. The van der Waals surface area contributed by atoms with Crippen molar-refractivity contribution in [2.75, 3.05) is 5.32 Å². The molecule has 1 aromatic carbocycles. The molecular formula is C15H11F3N2O2S. The van der Waals surface area contributed by atoms with Crippen LogP contribution in [0.5, 0.6) is 0 Å². The lowest BCUT2D eigenvalue weighted by Gasteiger charge is -2.01. The standard InChI is InChI=1S/C15H11F3N2O2S/c1-8-2-3-11-10(4-8)9(7-22-11)5-13(21)20-14-19-6-12(23-14)15(16,17)18/h2-4,6-7H,5H2,1H3,(H,19,20,21). The number of hydrogen-bond donors (Lipinski definition) is 1. The number of thiazole rings is 1. The van der Waals surface area contributed by atoms with E-state index in [4.69, 9.17) is 4.42 Å². The Morgan fingerprint density at radius 3 is 2.87 bits per heavy atom. The number of alkyl halides is 3. The van der Waals surface area contributed by atoms with Crippen LogP contribution in [-0.4, -0.2) is 10.9 Å². The lowest BCUT2D eigenvalue weighted by molar-refractivity contribution is -0.134. The van der Waals surface area contributed by atoms with Gasteiger partial charge in [-0.05, 0) is 19.1 Å². The van der Waals surface area contributed by atoms with Crippen LogP contribution in [-0.2, 0) is 17.4 Å². The summed E-state index contributed by atoms with van der Waals surface area (Å²) in [6.45, 7) is 1.92. The van der Waals surface area contributed by atoms with E-state index in [0.29, 0.717) is 28.7 Å². The largest absolute Gasteiger partial charge is 0.464 e. The number of anilines is 1. The molecule has 0 saturated carbocycles. The normalized spacial score (nSPS) is 11.8. The van der Waals surface area contributed by atoms with Crippen LogP contribution >= 0.6 is 11.3 Å². The molecule has 0 saturated heterocycles. The average molecular weight is 340 g/mol. The van der Waals surface area contributed by atoms with Crippen LogP contribution in [0.25, 0.3) is 11.0 Å². The number of halogens is 3. The van der Waals surface area contributed by atoms with Crippen molar-refractivity contribution in [3.05, 3.63) is 46.7 Å². The maximum absolute atomic E-state index is 12.5. The van der Waals surface area contributed by atoms with E-state index in [1.54, 1.807) is 0 Å². The van der Waals surface area contributed by atoms with Crippen LogP contribution in [0.2, 0.25) is 0 Å². The minimum Gasteiger partial charge on any atom is -0.464 e. The number of nitrogens with zero attached hydrogens (tertiary/aromatic N) is 1. The van der Waals surface area contributed by atoms with Gasteiger partial charge in [-0.25, -0.2) is 4.98 Å². The van der Waals surface area contributed by atoms with E-state index in [1.807, 2.05) is 25.1 Å². The third kappa shape index (κ3) is 3.37. The average Bonchev–Trinajstić information content (AvgIpc) is 3.06. The Kier molecular flexibility index (Phi) is 3.85. The topological polar surface area (TPSA) is 55.1 Å². The first-order valence-electron chi connectivity index (χ1n) is 6.62. The molecule has 23 heavy (non-hydrogen) atoms. The van der Waals surface area contributed by atoms with E-state index >= 15 is 0 Å². The highest BCUT2D eigenvalue weighted by atomic mass is 32.1. The van der Waals surface area contributed by atoms with Gasteiger partial charge in [0.15, 0.2) is 5.13 Å². The second kappa shape index (κ2) is 5.69. The maximum atomic E-state index is 12.5. The van der Waals surface area contributed by atoms with Gasteiger partial charge < -0.3 is 9.73 Å². The van der Waals surface area contributed by atoms with Gasteiger partial charge in [-0.15, -0.1) is 0 Å². The first-order chi connectivity index (χ1) is 10.8. The zero-order valence-corrected chi connectivity index (χ0v) is 12.7. The zero-order chi connectivity index (χ0) is 16.6. The number of benzene rings is 1. The first-order valence-corrected chi connectivity index (χ1v) is 7.44. The molecule has 0 radical (unpaired) electrons. The van der Waals surface area contributed by atoms with Crippen LogP contribution in [0.3, 0.4) is 0 Å². The molecule has 1 N–H and O–H groups in total. The lowest BCUT2D eigenvalue weighted by atomic mass is 10.1. The molecule has 0 aliphatic heterocycles. The third-order valence-electron chi connectivity index (χ3n) is 3.19. The minimum absolute atomic E-state index is 0.00259. The monoisotopic (exact) mass is 340 g/mol. The molecule has 3 aromatic rings. The van der Waals surface area contributed by atoms with Gasteiger partial charge in [0.1, 0.15) is 10.5 Å². The van der Waals surface area contributed by atoms with Crippen molar-refractivity contribution in [3.8, 4) is 0 Å². The van der Waals surface area contributed by atoms with Gasteiger partial charge in [0.25, 0.3) is 0 Å². The van der Waals surface area contributed by atoms with E-state index < -0.39 is 17.0 Å². The smallest absolute Gasteiger partial charge is 0.427 e. The molecule has 3 rings (SSSR count). The van der Waals surface area contributed by atoms with E-state index in [1.165, 1.54) is 6.26 Å². The van der Waals surface area contributed by atoms with Gasteiger partial charge in [-0.3, -0.25) is 4.79 Å². The van der Waals surface area contributed by atoms with Crippen molar-refractivity contribution in [3.63, 3.8) is 0 Å². The summed E-state index contributed by atoms with van der Waals surface area (Å²) in [5, 5.41) is 3.12. The molecule has 2 aromatic heterocycles. The Hall–Kier alpha value is -2.35. The summed E-state index contributed by atoms with van der Waals surface area (Å²) in [5.74, 6) is -0.447. The fourth-order valence-corrected chi connectivity index (χ4v) is 2.83. The predicted octanol–water partition coefficient (Wildman–Crippen LogP) is 4.40. The molecule has 0 bridgehead atoms. The van der Waals surface area contributed by atoms with Crippen molar-refractivity contribution >= 4 is 33.3 Å². The number of furan rings is 1. The second-order valence-electron chi connectivity index (χ2n) is 5.01. The number of rotatable bonds is 3. The van der Waals surface area contributed by atoms with Crippen molar-refractivity contribution < 1.29 is 22.4 Å². The van der Waals surface area contributed by atoms with Gasteiger partial charge >= 0.3 is 6.18 Å². The summed E-state index contributed by atoms with van der Waals surface area (Å²) in [7, 11) is 0. The Bertz CT molecular complexity index is 867. The van der Waals surface area contributed by atoms with E-state index in [9.17, 15) is 18.0 Å². The van der Waals surface area contributed by atoms with Crippen molar-refractivity contribution in [1.29, 1.82) is 0 Å². The molecule has 0 aliphatic carbocycles. The van der Waals surface area contributed by atoms with Crippen LogP contribution in [0.1, 0.15) is 16.0 Å². The van der Waals surface area contributed by atoms with Gasteiger partial charge in [0.2, 0.25) is 5.91 Å². The molecule has 4 nitrogen and oxygen atoms in total. The highest BCUT2D eigenvalue weighted by molar-refractivity contribution is 7.15. The van der Waals surface area contributed by atoms with E-state index in [2.05, 4.69) is 10.3 Å². The zero-order valence-electron chi connectivity index (χ0n) is 11.9. The third-order valence-corrected chi connectivity index (χ3v) is 4.15. The molecule has 120 valence electrons. The van der Waals surface area contributed by atoms with Crippen LogP contribution in [0.4, 0.5) is 18.3 Å². The molecule has 8 heteroatoms. The Morgan fingerprint density at radius 2 is 2.17 bits per heavy atom. The lowest BCUT2D eigenvalue weighted by Crippen LogP contribution is -2.13. The SMILES string of the molecule is Cc1ccc2occ(CC(=O)Nc3ncc(C(F)(F)F)s3)c2c1. The molecule has 2 heterocycles. The van der Waals surface area contributed by atoms with Gasteiger partial charge in [0, 0.05) is 10.9 Å². The van der Waals surface area contributed by atoms with Crippen molar-refractivity contribution in [2.24, 2.45) is 0 Å². The Morgan fingerprint density at radius 1 is 1.39 bits per heavy atom. The molecular weight excluding hydrogens is 329 g/mol. The van der Waals surface area contributed by atoms with Crippen LogP contribution in [0, 0.1) is 6.92 Å². The van der Waals surface area contributed by atoms with Crippen LogP contribution < -0.4 is 5.32 Å². The van der Waals surface area contributed by atoms with Crippen LogP contribution in [0.15, 0.2) is 35.1 Å². The Labute approximate surface area is 132 Å². The number of carbonyl (C=O) groups excluding carboxylic acids is 1. The predicted molar refractivity (Wildman–Crippen MR) is 80.4 cm³/mol. The molecule has 0 spiro atoms. The number of hydrogen-bond acceptors (Lipinski definition) is 4. The number of amides is 1. The molecule has 1 amide bonds. The summed E-state index contributed by atoms with van der Waals surface area (Å²) in [5.41, 5.74) is 2.36. The number of aromatic nitrogens is 1. The summed E-state index contributed by atoms with van der Waals surface area (Å²) < 4.78 is 42.9. The van der Waals surface area contributed by atoms with Crippen molar-refractivity contribution in [2.45, 2.75) is 19.5 Å². The summed E-state index contributed by atoms with van der Waals surface area (Å²) in [6, 6.07) is 5.60. The van der Waals surface area contributed by atoms with Gasteiger partial charge in [0.05, 0.1) is 18.9 Å². The highest BCUT2D eigenvalue weighted by Crippen LogP contribution is 2.35. The number of fused-ring (bicyclic) bond motifs is 1. The van der Waals surface area contributed by atoms with E-state index in [-0.39, 0.29) is 11.6 Å². The van der Waals surface area contributed by atoms with Gasteiger partial charge in [-0.2, -0.15) is 13.2 Å². The molecule has 0 fully saturated rings. The fourth-order valence-electron chi connectivity index (χ4n) is 2.13. The first kappa shape index (κ1) is 15.5. The molecule has 0 unspecified atom stereocenters. The minimum atomic E-state index is -4.46. The molecule has 0 atom stereocenters. The molecule has 0 aliphatic rings. The maximum Gasteiger partial charge on any atom is 0.427 e. The summed E-state index contributed by atoms with van der Waals surface area (Å²) >= 11 is 0.395. The second-order valence-corrected chi connectivity index (χ2v) is 6.04. The number of nitrogens with one attached hydrogen (secondary N) is 1.